The summed E-state index contributed by atoms with van der Waals surface area (Å²) in [7, 11) is 0. The lowest BCUT2D eigenvalue weighted by Crippen LogP contribution is -2.49. The minimum absolute atomic E-state index is 0.118. The van der Waals surface area contributed by atoms with E-state index in [9.17, 15) is 4.79 Å². The molecule has 0 saturated heterocycles. The molecule has 0 heterocycles. The zero-order chi connectivity index (χ0) is 16.2. The second-order valence-corrected chi connectivity index (χ2v) is 9.32. The van der Waals surface area contributed by atoms with Gasteiger partial charge in [-0.25, -0.2) is 0 Å². The Morgan fingerprint density at radius 1 is 1.13 bits per heavy atom. The Balaban J connectivity index is 1.58. The third-order valence-electron chi connectivity index (χ3n) is 8.17. The fourth-order valence-electron chi connectivity index (χ4n) is 6.96. The standard InChI is InChI=1S/C21H32O2/c1-14(22)23-16-8-12-21(3)15(13-16)6-7-17-18-5-4-10-20(18,2)11-9-19(17)21/h6,16-19H,4-5,7-13H2,1-3H3/t16-,17+,18+,19-,20-,21-/m0/s1. The topological polar surface area (TPSA) is 26.3 Å². The molecule has 6 atom stereocenters. The second kappa shape index (κ2) is 5.36. The highest BCUT2D eigenvalue weighted by Crippen LogP contribution is 2.64. The molecule has 0 unspecified atom stereocenters. The third-order valence-corrected chi connectivity index (χ3v) is 8.17. The average molecular weight is 316 g/mol. The second-order valence-electron chi connectivity index (χ2n) is 9.32. The Morgan fingerprint density at radius 2 is 1.96 bits per heavy atom. The van der Waals surface area contributed by atoms with Crippen molar-refractivity contribution in [2.45, 2.75) is 84.7 Å². The predicted octanol–water partition coefficient (Wildman–Crippen LogP) is 5.27. The van der Waals surface area contributed by atoms with Crippen molar-refractivity contribution >= 4 is 5.97 Å². The summed E-state index contributed by atoms with van der Waals surface area (Å²) in [5, 5.41) is 0. The fourth-order valence-corrected chi connectivity index (χ4v) is 6.96. The van der Waals surface area contributed by atoms with Gasteiger partial charge in [0.2, 0.25) is 0 Å². The van der Waals surface area contributed by atoms with Crippen LogP contribution >= 0.6 is 0 Å². The summed E-state index contributed by atoms with van der Waals surface area (Å²) in [6.07, 6.45) is 14.5. The van der Waals surface area contributed by atoms with Gasteiger partial charge in [0.1, 0.15) is 6.10 Å². The number of allylic oxidation sites excluding steroid dienone is 1. The number of hydrogen-bond donors (Lipinski definition) is 0. The van der Waals surface area contributed by atoms with Crippen molar-refractivity contribution in [2.24, 2.45) is 28.6 Å². The van der Waals surface area contributed by atoms with E-state index in [-0.39, 0.29) is 12.1 Å². The third kappa shape index (κ3) is 2.39. The van der Waals surface area contributed by atoms with Gasteiger partial charge in [-0.1, -0.05) is 31.9 Å². The number of esters is 1. The van der Waals surface area contributed by atoms with Gasteiger partial charge >= 0.3 is 5.97 Å². The lowest BCUT2D eigenvalue weighted by atomic mass is 9.48. The van der Waals surface area contributed by atoms with Gasteiger partial charge < -0.3 is 4.74 Å². The molecule has 0 radical (unpaired) electrons. The molecule has 0 spiro atoms. The SMILES string of the molecule is CC(=O)O[C@H]1CC[C@@]2(C)C(=CC[C@@H]3[C@H]4CCC[C@@]4(C)CC[C@@H]32)C1. The smallest absolute Gasteiger partial charge is 0.302 e. The number of carbonyl (C=O) groups excluding carboxylic acids is 1. The molecule has 128 valence electrons. The van der Waals surface area contributed by atoms with Crippen molar-refractivity contribution in [3.63, 3.8) is 0 Å². The highest BCUT2D eigenvalue weighted by Gasteiger charge is 2.55. The molecule has 3 saturated carbocycles. The summed E-state index contributed by atoms with van der Waals surface area (Å²) in [4.78, 5) is 11.3. The highest BCUT2D eigenvalue weighted by molar-refractivity contribution is 5.66. The minimum Gasteiger partial charge on any atom is -0.462 e. The molecule has 4 aliphatic rings. The summed E-state index contributed by atoms with van der Waals surface area (Å²) in [6.45, 7) is 6.64. The average Bonchev–Trinajstić information content (AvgIpc) is 2.89. The maximum Gasteiger partial charge on any atom is 0.302 e. The first kappa shape index (κ1) is 15.7. The lowest BCUT2D eigenvalue weighted by molar-refractivity contribution is -0.148. The minimum atomic E-state index is -0.118. The molecular weight excluding hydrogens is 284 g/mol. The van der Waals surface area contributed by atoms with Crippen LogP contribution in [0.4, 0.5) is 0 Å². The molecule has 0 aromatic heterocycles. The number of rotatable bonds is 1. The quantitative estimate of drug-likeness (QED) is 0.486. The summed E-state index contributed by atoms with van der Waals surface area (Å²) in [5.41, 5.74) is 2.62. The van der Waals surface area contributed by atoms with Gasteiger partial charge in [0.25, 0.3) is 0 Å². The molecule has 23 heavy (non-hydrogen) atoms. The van der Waals surface area contributed by atoms with Crippen molar-refractivity contribution in [3.05, 3.63) is 11.6 Å². The van der Waals surface area contributed by atoms with Crippen LogP contribution in [0, 0.1) is 28.6 Å². The Kier molecular flexibility index (Phi) is 3.66. The zero-order valence-corrected chi connectivity index (χ0v) is 15.1. The summed E-state index contributed by atoms with van der Waals surface area (Å²) in [6, 6.07) is 0. The van der Waals surface area contributed by atoms with E-state index < -0.39 is 0 Å². The maximum atomic E-state index is 11.3. The molecule has 0 aliphatic heterocycles. The molecular formula is C21H32O2. The first-order valence-corrected chi connectivity index (χ1v) is 9.79. The Morgan fingerprint density at radius 3 is 2.74 bits per heavy atom. The lowest BCUT2D eigenvalue weighted by Gasteiger charge is -2.57. The van der Waals surface area contributed by atoms with E-state index in [0.717, 1.165) is 30.6 Å². The molecule has 3 fully saturated rings. The van der Waals surface area contributed by atoms with Crippen molar-refractivity contribution in [1.82, 2.24) is 0 Å². The number of fused-ring (bicyclic) bond motifs is 5. The van der Waals surface area contributed by atoms with Crippen molar-refractivity contribution in [1.29, 1.82) is 0 Å². The Hall–Kier alpha value is -0.790. The van der Waals surface area contributed by atoms with Crippen LogP contribution in [0.25, 0.3) is 0 Å². The van der Waals surface area contributed by atoms with Crippen LogP contribution in [0.15, 0.2) is 11.6 Å². The van der Waals surface area contributed by atoms with Crippen molar-refractivity contribution in [2.75, 3.05) is 0 Å². The molecule has 0 aromatic rings. The van der Waals surface area contributed by atoms with Gasteiger partial charge in [0, 0.05) is 13.3 Å². The van der Waals surface area contributed by atoms with Crippen LogP contribution in [0.3, 0.4) is 0 Å². The molecule has 0 bridgehead atoms. The predicted molar refractivity (Wildman–Crippen MR) is 91.9 cm³/mol. The Bertz CT molecular complexity index is 536. The largest absolute Gasteiger partial charge is 0.462 e. The van der Waals surface area contributed by atoms with E-state index in [0.29, 0.717) is 10.8 Å². The van der Waals surface area contributed by atoms with E-state index in [4.69, 9.17) is 4.74 Å². The van der Waals surface area contributed by atoms with E-state index in [1.165, 1.54) is 44.9 Å². The molecule has 2 heteroatoms. The van der Waals surface area contributed by atoms with Crippen LogP contribution < -0.4 is 0 Å². The normalized spacial score (nSPS) is 48.7. The monoisotopic (exact) mass is 316 g/mol. The van der Waals surface area contributed by atoms with E-state index in [2.05, 4.69) is 19.9 Å². The molecule has 2 nitrogen and oxygen atoms in total. The molecule has 4 aliphatic carbocycles. The number of ether oxygens (including phenoxy) is 1. The summed E-state index contributed by atoms with van der Waals surface area (Å²) in [5.74, 6) is 2.63. The van der Waals surface area contributed by atoms with Gasteiger partial charge in [-0.2, -0.15) is 0 Å². The highest BCUT2D eigenvalue weighted by atomic mass is 16.5. The van der Waals surface area contributed by atoms with Gasteiger partial charge in [-0.05, 0) is 73.5 Å². The van der Waals surface area contributed by atoms with Crippen LogP contribution in [-0.4, -0.2) is 12.1 Å². The molecule has 4 rings (SSSR count). The van der Waals surface area contributed by atoms with E-state index in [1.54, 1.807) is 12.5 Å². The fraction of sp³-hybridized carbons (Fsp3) is 0.857. The van der Waals surface area contributed by atoms with Crippen molar-refractivity contribution < 1.29 is 9.53 Å². The first-order chi connectivity index (χ1) is 10.9. The molecule has 0 aromatic carbocycles. The number of hydrogen-bond acceptors (Lipinski definition) is 2. The van der Waals surface area contributed by atoms with Crippen LogP contribution in [-0.2, 0) is 9.53 Å². The van der Waals surface area contributed by atoms with Crippen LogP contribution in [0.5, 0.6) is 0 Å². The van der Waals surface area contributed by atoms with Crippen LogP contribution in [0.2, 0.25) is 0 Å². The number of carbonyl (C=O) groups is 1. The summed E-state index contributed by atoms with van der Waals surface area (Å²) >= 11 is 0. The van der Waals surface area contributed by atoms with Gasteiger partial charge in [0.15, 0.2) is 0 Å². The van der Waals surface area contributed by atoms with E-state index >= 15 is 0 Å². The molecule has 0 N–H and O–H groups in total. The van der Waals surface area contributed by atoms with Crippen LogP contribution in [0.1, 0.15) is 78.6 Å². The van der Waals surface area contributed by atoms with Crippen molar-refractivity contribution in [3.8, 4) is 0 Å². The maximum absolute atomic E-state index is 11.3. The molecule has 0 amide bonds. The zero-order valence-electron chi connectivity index (χ0n) is 15.1. The van der Waals surface area contributed by atoms with Gasteiger partial charge in [-0.15, -0.1) is 0 Å². The Labute approximate surface area is 141 Å². The van der Waals surface area contributed by atoms with E-state index in [1.807, 2.05) is 0 Å². The summed E-state index contributed by atoms with van der Waals surface area (Å²) < 4.78 is 5.53. The first-order valence-electron chi connectivity index (χ1n) is 9.79. The van der Waals surface area contributed by atoms with Gasteiger partial charge in [-0.3, -0.25) is 4.79 Å². The van der Waals surface area contributed by atoms with Gasteiger partial charge in [0.05, 0.1) is 0 Å².